The van der Waals surface area contributed by atoms with Gasteiger partial charge in [0.05, 0.1) is 12.9 Å². The highest BCUT2D eigenvalue weighted by Crippen LogP contribution is 2.66. The summed E-state index contributed by atoms with van der Waals surface area (Å²) in [6.07, 6.45) is -4.12. The highest BCUT2D eigenvalue weighted by Gasteiger charge is 2.47. The van der Waals surface area contributed by atoms with Crippen LogP contribution in [0.15, 0.2) is 12.7 Å². The maximum Gasteiger partial charge on any atom is 0.490 e. The SMILES string of the molecule is O=C(O)CNc1ncnc2c1ncn2[C@@H]1O[C@H](COP(=O)(O)OP(=O)(O)OP(=O)(O)O)C(O)[C@@H]1O. The van der Waals surface area contributed by atoms with Crippen LogP contribution in [0.25, 0.3) is 11.2 Å². The van der Waals surface area contributed by atoms with E-state index in [2.05, 4.69) is 33.4 Å². The van der Waals surface area contributed by atoms with Crippen molar-refractivity contribution in [1.29, 1.82) is 0 Å². The number of nitrogens with zero attached hydrogens (tertiary/aromatic N) is 4. The summed E-state index contributed by atoms with van der Waals surface area (Å²) >= 11 is 0. The van der Waals surface area contributed by atoms with Crippen LogP contribution in [0.4, 0.5) is 5.82 Å². The van der Waals surface area contributed by atoms with Crippen LogP contribution < -0.4 is 5.32 Å². The van der Waals surface area contributed by atoms with E-state index in [-0.39, 0.29) is 17.0 Å². The minimum atomic E-state index is -5.74. The van der Waals surface area contributed by atoms with Gasteiger partial charge in [-0.3, -0.25) is 13.9 Å². The first-order valence-electron chi connectivity index (χ1n) is 9.02. The first kappa shape index (κ1) is 27.7. The fraction of sp³-hybridized carbons (Fsp3) is 0.500. The van der Waals surface area contributed by atoms with Gasteiger partial charge in [-0.25, -0.2) is 28.6 Å². The number of carboxylic acid groups (broad SMARTS) is 1. The minimum Gasteiger partial charge on any atom is -0.480 e. The van der Waals surface area contributed by atoms with E-state index in [1.807, 2.05) is 0 Å². The summed E-state index contributed by atoms with van der Waals surface area (Å²) in [6.45, 7) is -1.49. The Morgan fingerprint density at radius 2 is 1.74 bits per heavy atom. The van der Waals surface area contributed by atoms with Crippen LogP contribution >= 0.6 is 23.5 Å². The molecule has 1 aliphatic heterocycles. The van der Waals surface area contributed by atoms with Gasteiger partial charge in [-0.05, 0) is 0 Å². The molecule has 0 aliphatic carbocycles. The van der Waals surface area contributed by atoms with E-state index in [4.69, 9.17) is 24.5 Å². The fourth-order valence-electron chi connectivity index (χ4n) is 2.89. The third kappa shape index (κ3) is 7.08. The number of phosphoric ester groups is 1. The number of hydrogen-bond donors (Lipinski definition) is 8. The van der Waals surface area contributed by atoms with Crippen molar-refractivity contribution in [3.63, 3.8) is 0 Å². The van der Waals surface area contributed by atoms with Gasteiger partial charge in [-0.1, -0.05) is 0 Å². The average molecular weight is 565 g/mol. The number of nitrogens with one attached hydrogen (secondary N) is 1. The van der Waals surface area contributed by atoms with Crippen LogP contribution in [0.3, 0.4) is 0 Å². The quantitative estimate of drug-likeness (QED) is 0.141. The van der Waals surface area contributed by atoms with E-state index in [9.17, 15) is 33.6 Å². The van der Waals surface area contributed by atoms with Gasteiger partial charge in [0, 0.05) is 0 Å². The monoisotopic (exact) mass is 565 g/mol. The Morgan fingerprint density at radius 1 is 1.06 bits per heavy atom. The first-order chi connectivity index (χ1) is 16.1. The summed E-state index contributed by atoms with van der Waals surface area (Å²) in [5.74, 6) is -1.12. The average Bonchev–Trinajstić information content (AvgIpc) is 3.24. The van der Waals surface area contributed by atoms with E-state index in [0.717, 1.165) is 17.2 Å². The molecule has 1 fully saturated rings. The number of hydrogen-bond acceptors (Lipinski definition) is 14. The summed E-state index contributed by atoms with van der Waals surface area (Å²) in [4.78, 5) is 58.4. The number of rotatable bonds is 11. The normalized spacial score (nSPS) is 26.3. The Labute approximate surface area is 193 Å². The summed E-state index contributed by atoms with van der Waals surface area (Å²) in [6, 6.07) is 0. The summed E-state index contributed by atoms with van der Waals surface area (Å²) in [7, 11) is -16.8. The lowest BCUT2D eigenvalue weighted by Gasteiger charge is -2.19. The lowest BCUT2D eigenvalue weighted by molar-refractivity contribution is -0.134. The zero-order valence-electron chi connectivity index (χ0n) is 16.9. The molecule has 3 unspecified atom stereocenters. The number of ether oxygens (including phenoxy) is 1. The number of fused-ring (bicyclic) bond motifs is 1. The molecular formula is C12H18N5O15P3. The predicted octanol–water partition coefficient (Wildman–Crippen LogP) is -1.71. The van der Waals surface area contributed by atoms with Gasteiger partial charge in [0.2, 0.25) is 0 Å². The molecule has 3 heterocycles. The van der Waals surface area contributed by atoms with Crippen molar-refractivity contribution in [3.8, 4) is 0 Å². The van der Waals surface area contributed by atoms with Crippen molar-refractivity contribution in [2.24, 2.45) is 0 Å². The van der Waals surface area contributed by atoms with Crippen molar-refractivity contribution >= 4 is 46.4 Å². The zero-order valence-corrected chi connectivity index (χ0v) is 19.6. The van der Waals surface area contributed by atoms with E-state index < -0.39 is 67.1 Å². The van der Waals surface area contributed by atoms with Gasteiger partial charge in [-0.2, -0.15) is 8.62 Å². The lowest BCUT2D eigenvalue weighted by Crippen LogP contribution is -2.33. The van der Waals surface area contributed by atoms with Crippen molar-refractivity contribution in [1.82, 2.24) is 19.5 Å². The topological polar surface area (TPSA) is 302 Å². The molecule has 1 aliphatic rings. The van der Waals surface area contributed by atoms with Gasteiger partial charge >= 0.3 is 29.4 Å². The van der Waals surface area contributed by atoms with Crippen LogP contribution in [-0.2, 0) is 36.4 Å². The summed E-state index contributed by atoms with van der Waals surface area (Å²) < 4.78 is 52.0. The fourth-order valence-corrected chi connectivity index (χ4v) is 5.92. The molecule has 2 aromatic heterocycles. The standard InChI is InChI=1S/C12H18N5O15P3/c18-6(19)1-13-10-7-11(15-3-14-10)17(4-16-7)12-9(21)8(20)5(30-12)2-29-34(25,26)32-35(27,28)31-33(22,23)24/h3-5,8-9,12,20-21H,1-2H2,(H,18,19)(H,25,26)(H,27,28)(H,13,14,15)(H2,22,23,24)/t5-,8?,9+,12-/m1/s1. The van der Waals surface area contributed by atoms with E-state index in [0.29, 0.717) is 0 Å². The molecule has 2 aromatic rings. The zero-order chi connectivity index (χ0) is 26.2. The van der Waals surface area contributed by atoms with Crippen molar-refractivity contribution in [2.75, 3.05) is 18.5 Å². The molecule has 0 bridgehead atoms. The first-order valence-corrected chi connectivity index (χ1v) is 13.5. The van der Waals surface area contributed by atoms with Crippen LogP contribution in [0.2, 0.25) is 0 Å². The molecule has 6 atom stereocenters. The van der Waals surface area contributed by atoms with E-state index in [1.54, 1.807) is 0 Å². The second kappa shape index (κ2) is 10.2. The van der Waals surface area contributed by atoms with Gasteiger partial charge in [0.15, 0.2) is 23.2 Å². The highest BCUT2D eigenvalue weighted by atomic mass is 31.3. The summed E-state index contributed by atoms with van der Waals surface area (Å²) in [5, 5.41) is 31.9. The maximum absolute atomic E-state index is 11.9. The smallest absolute Gasteiger partial charge is 0.480 e. The molecule has 196 valence electrons. The van der Waals surface area contributed by atoms with Crippen molar-refractivity contribution in [2.45, 2.75) is 24.5 Å². The number of imidazole rings is 1. The Hall–Kier alpha value is -1.89. The Bertz CT molecular complexity index is 1230. The number of carboxylic acids is 1. The van der Waals surface area contributed by atoms with Gasteiger partial charge in [0.25, 0.3) is 0 Å². The number of aliphatic hydroxyl groups is 2. The molecule has 8 N–H and O–H groups in total. The molecule has 0 aromatic carbocycles. The van der Waals surface area contributed by atoms with Crippen LogP contribution in [0.5, 0.6) is 0 Å². The molecule has 35 heavy (non-hydrogen) atoms. The van der Waals surface area contributed by atoms with Gasteiger partial charge in [0.1, 0.15) is 31.2 Å². The largest absolute Gasteiger partial charge is 0.490 e. The molecule has 0 radical (unpaired) electrons. The molecular weight excluding hydrogens is 547 g/mol. The second-order valence-electron chi connectivity index (χ2n) is 6.73. The number of carbonyl (C=O) groups is 1. The third-order valence-electron chi connectivity index (χ3n) is 4.20. The molecule has 0 spiro atoms. The number of aromatic nitrogens is 4. The summed E-state index contributed by atoms with van der Waals surface area (Å²) in [5.41, 5.74) is 0.147. The third-order valence-corrected chi connectivity index (χ3v) is 8.00. The molecule has 20 nitrogen and oxygen atoms in total. The molecule has 0 saturated carbocycles. The molecule has 3 rings (SSSR count). The Balaban J connectivity index is 1.71. The number of aliphatic hydroxyl groups excluding tert-OH is 2. The highest BCUT2D eigenvalue weighted by molar-refractivity contribution is 7.66. The van der Waals surface area contributed by atoms with E-state index in [1.165, 1.54) is 0 Å². The molecule has 23 heteroatoms. The maximum atomic E-state index is 11.9. The van der Waals surface area contributed by atoms with Crippen LogP contribution in [-0.4, -0.2) is 91.8 Å². The predicted molar refractivity (Wildman–Crippen MR) is 107 cm³/mol. The van der Waals surface area contributed by atoms with Crippen LogP contribution in [0.1, 0.15) is 6.23 Å². The van der Waals surface area contributed by atoms with Crippen molar-refractivity contribution in [3.05, 3.63) is 12.7 Å². The van der Waals surface area contributed by atoms with Gasteiger partial charge in [-0.15, -0.1) is 0 Å². The molecule has 1 saturated heterocycles. The second-order valence-corrected chi connectivity index (χ2v) is 11.1. The number of aliphatic carboxylic acids is 1. The van der Waals surface area contributed by atoms with Crippen molar-refractivity contribution < 1.29 is 71.3 Å². The number of anilines is 1. The molecule has 0 amide bonds. The minimum absolute atomic E-state index is 0.0494. The Kier molecular flexibility index (Phi) is 8.10. The number of phosphoric acid groups is 3. The van der Waals surface area contributed by atoms with Gasteiger partial charge < -0.3 is 44.9 Å². The van der Waals surface area contributed by atoms with Crippen LogP contribution in [0, 0.1) is 0 Å². The van der Waals surface area contributed by atoms with E-state index >= 15 is 0 Å². The Morgan fingerprint density at radius 3 is 2.37 bits per heavy atom. The lowest BCUT2D eigenvalue weighted by atomic mass is 10.1.